The van der Waals surface area contributed by atoms with Gasteiger partial charge in [-0.05, 0) is 17.7 Å². The van der Waals surface area contributed by atoms with Crippen LogP contribution in [0, 0.1) is 0 Å². The van der Waals surface area contributed by atoms with Crippen molar-refractivity contribution in [3.05, 3.63) is 33.8 Å². The van der Waals surface area contributed by atoms with Crippen molar-refractivity contribution in [2.45, 2.75) is 5.75 Å². The van der Waals surface area contributed by atoms with E-state index in [0.717, 1.165) is 5.56 Å². The third-order valence-corrected chi connectivity index (χ3v) is 3.54. The quantitative estimate of drug-likeness (QED) is 0.844. The van der Waals surface area contributed by atoms with Crippen LogP contribution in [-0.2, 0) is 10.5 Å². The Hall–Kier alpha value is -0.130. The van der Waals surface area contributed by atoms with Crippen molar-refractivity contribution in [2.75, 3.05) is 18.8 Å². The number of rotatable bonds is 6. The number of thioether (sulfide) groups is 1. The van der Waals surface area contributed by atoms with Gasteiger partial charge < -0.3 is 11.1 Å². The molecule has 3 nitrogen and oxygen atoms in total. The van der Waals surface area contributed by atoms with Crippen molar-refractivity contribution >= 4 is 53.3 Å². The van der Waals surface area contributed by atoms with E-state index < -0.39 is 0 Å². The number of nitrogens with one attached hydrogen (secondary N) is 1. The lowest BCUT2D eigenvalue weighted by Gasteiger charge is -2.05. The van der Waals surface area contributed by atoms with Crippen LogP contribution in [0.3, 0.4) is 0 Å². The van der Waals surface area contributed by atoms with Crippen LogP contribution in [0.15, 0.2) is 18.2 Å². The lowest BCUT2D eigenvalue weighted by molar-refractivity contribution is -0.118. The van der Waals surface area contributed by atoms with E-state index in [1.54, 1.807) is 12.1 Å². The van der Waals surface area contributed by atoms with Crippen molar-refractivity contribution in [3.8, 4) is 0 Å². The van der Waals surface area contributed by atoms with Gasteiger partial charge in [0.05, 0.1) is 5.75 Å². The van der Waals surface area contributed by atoms with E-state index in [0.29, 0.717) is 34.6 Å². The van der Waals surface area contributed by atoms with Crippen molar-refractivity contribution < 1.29 is 4.79 Å². The number of halogens is 3. The molecule has 0 fully saturated rings. The smallest absolute Gasteiger partial charge is 0.230 e. The molecule has 0 aliphatic heterocycles. The molecule has 0 aliphatic carbocycles. The number of hydrogen-bond acceptors (Lipinski definition) is 3. The fourth-order valence-corrected chi connectivity index (χ4v) is 2.57. The maximum atomic E-state index is 11.3. The van der Waals surface area contributed by atoms with Crippen LogP contribution < -0.4 is 11.1 Å². The lowest BCUT2D eigenvalue weighted by Crippen LogP contribution is -2.30. The first-order valence-corrected chi connectivity index (χ1v) is 7.03. The lowest BCUT2D eigenvalue weighted by atomic mass is 10.2. The first kappa shape index (κ1) is 17.9. The molecule has 1 aromatic carbocycles. The molecular formula is C11H15Cl3N2OS. The molecule has 102 valence electrons. The van der Waals surface area contributed by atoms with Gasteiger partial charge >= 0.3 is 0 Å². The van der Waals surface area contributed by atoms with Gasteiger partial charge in [0.1, 0.15) is 0 Å². The van der Waals surface area contributed by atoms with Gasteiger partial charge in [0.15, 0.2) is 0 Å². The highest BCUT2D eigenvalue weighted by atomic mass is 35.5. The summed E-state index contributed by atoms with van der Waals surface area (Å²) in [5, 5.41) is 3.95. The highest BCUT2D eigenvalue weighted by Gasteiger charge is 2.04. The van der Waals surface area contributed by atoms with Gasteiger partial charge in [-0.15, -0.1) is 24.2 Å². The minimum absolute atomic E-state index is 0. The van der Waals surface area contributed by atoms with Crippen molar-refractivity contribution in [3.63, 3.8) is 0 Å². The number of carbonyl (C=O) groups is 1. The van der Waals surface area contributed by atoms with E-state index >= 15 is 0 Å². The Labute approximate surface area is 127 Å². The molecule has 1 rings (SSSR count). The number of benzene rings is 1. The molecule has 0 unspecified atom stereocenters. The Morgan fingerprint density at radius 1 is 1.39 bits per heavy atom. The number of hydrogen-bond donors (Lipinski definition) is 2. The first-order valence-electron chi connectivity index (χ1n) is 5.12. The maximum absolute atomic E-state index is 11.3. The third kappa shape index (κ3) is 6.71. The van der Waals surface area contributed by atoms with Gasteiger partial charge in [0, 0.05) is 28.9 Å². The molecule has 0 saturated heterocycles. The molecule has 1 amide bonds. The maximum Gasteiger partial charge on any atom is 0.230 e. The van der Waals surface area contributed by atoms with E-state index in [9.17, 15) is 4.79 Å². The zero-order valence-electron chi connectivity index (χ0n) is 9.62. The second-order valence-electron chi connectivity index (χ2n) is 3.37. The van der Waals surface area contributed by atoms with Gasteiger partial charge in [0.25, 0.3) is 0 Å². The van der Waals surface area contributed by atoms with Crippen LogP contribution in [-0.4, -0.2) is 24.7 Å². The SMILES string of the molecule is Cl.NCCNC(=O)CSCc1ccc(Cl)cc1Cl. The molecular weight excluding hydrogens is 315 g/mol. The van der Waals surface area contributed by atoms with E-state index in [1.807, 2.05) is 6.07 Å². The molecule has 0 spiro atoms. The molecule has 0 atom stereocenters. The van der Waals surface area contributed by atoms with Crippen molar-refractivity contribution in [1.82, 2.24) is 5.32 Å². The predicted octanol–water partition coefficient (Wildman–Crippen LogP) is 2.72. The number of amides is 1. The summed E-state index contributed by atoms with van der Waals surface area (Å²) < 4.78 is 0. The number of carbonyl (C=O) groups excluding carboxylic acids is 1. The Bertz CT molecular complexity index is 391. The molecule has 3 N–H and O–H groups in total. The van der Waals surface area contributed by atoms with Crippen LogP contribution in [0.2, 0.25) is 10.0 Å². The largest absolute Gasteiger partial charge is 0.354 e. The topological polar surface area (TPSA) is 55.1 Å². The van der Waals surface area contributed by atoms with Crippen LogP contribution in [0.5, 0.6) is 0 Å². The van der Waals surface area contributed by atoms with Gasteiger partial charge in [0.2, 0.25) is 5.91 Å². The minimum atomic E-state index is -0.00876. The highest BCUT2D eigenvalue weighted by Crippen LogP contribution is 2.24. The fraction of sp³-hybridized carbons (Fsp3) is 0.364. The Balaban J connectivity index is 0.00000289. The van der Waals surface area contributed by atoms with Gasteiger partial charge in [-0.1, -0.05) is 29.3 Å². The summed E-state index contributed by atoms with van der Waals surface area (Å²) in [6, 6.07) is 5.36. The zero-order valence-corrected chi connectivity index (χ0v) is 12.8. The monoisotopic (exact) mass is 328 g/mol. The summed E-state index contributed by atoms with van der Waals surface area (Å²) in [6.07, 6.45) is 0. The highest BCUT2D eigenvalue weighted by molar-refractivity contribution is 7.99. The summed E-state index contributed by atoms with van der Waals surface area (Å²) in [4.78, 5) is 11.3. The molecule has 0 radical (unpaired) electrons. The average Bonchev–Trinajstić information content (AvgIpc) is 2.29. The molecule has 0 aliphatic rings. The second-order valence-corrected chi connectivity index (χ2v) is 5.20. The van der Waals surface area contributed by atoms with Crippen LogP contribution >= 0.6 is 47.4 Å². The second kappa shape index (κ2) is 9.75. The van der Waals surface area contributed by atoms with Crippen molar-refractivity contribution in [2.24, 2.45) is 5.73 Å². The molecule has 0 saturated carbocycles. The van der Waals surface area contributed by atoms with E-state index in [2.05, 4.69) is 5.32 Å². The number of nitrogens with two attached hydrogens (primary N) is 1. The Kier molecular flexibility index (Phi) is 9.68. The van der Waals surface area contributed by atoms with Crippen LogP contribution in [0.25, 0.3) is 0 Å². The third-order valence-electron chi connectivity index (χ3n) is 1.97. The van der Waals surface area contributed by atoms with E-state index in [-0.39, 0.29) is 18.3 Å². The van der Waals surface area contributed by atoms with Crippen molar-refractivity contribution in [1.29, 1.82) is 0 Å². The Morgan fingerprint density at radius 3 is 2.72 bits per heavy atom. The van der Waals surface area contributed by atoms with E-state index in [1.165, 1.54) is 11.8 Å². The Morgan fingerprint density at radius 2 is 2.11 bits per heavy atom. The standard InChI is InChI=1S/C11H14Cl2N2OS.ClH/c12-9-2-1-8(10(13)5-9)6-17-7-11(16)15-4-3-14;/h1-2,5H,3-4,6-7,14H2,(H,15,16);1H. The molecule has 0 heterocycles. The summed E-state index contributed by atoms with van der Waals surface area (Å²) in [7, 11) is 0. The van der Waals surface area contributed by atoms with Gasteiger partial charge in [-0.3, -0.25) is 4.79 Å². The van der Waals surface area contributed by atoms with E-state index in [4.69, 9.17) is 28.9 Å². The molecule has 7 heteroatoms. The molecule has 0 aromatic heterocycles. The molecule has 18 heavy (non-hydrogen) atoms. The fourth-order valence-electron chi connectivity index (χ4n) is 1.16. The zero-order chi connectivity index (χ0) is 12.7. The normalized spacial score (nSPS) is 9.72. The average molecular weight is 330 g/mol. The molecule has 0 bridgehead atoms. The first-order chi connectivity index (χ1) is 8.13. The predicted molar refractivity (Wildman–Crippen MR) is 81.9 cm³/mol. The summed E-state index contributed by atoms with van der Waals surface area (Å²) in [5.74, 6) is 1.08. The summed E-state index contributed by atoms with van der Waals surface area (Å²) in [5.41, 5.74) is 6.26. The van der Waals surface area contributed by atoms with Gasteiger partial charge in [-0.25, -0.2) is 0 Å². The summed E-state index contributed by atoms with van der Waals surface area (Å²) >= 11 is 13.3. The molecule has 1 aromatic rings. The van der Waals surface area contributed by atoms with Crippen LogP contribution in [0.1, 0.15) is 5.56 Å². The summed E-state index contributed by atoms with van der Waals surface area (Å²) in [6.45, 7) is 0.973. The minimum Gasteiger partial charge on any atom is -0.354 e. The van der Waals surface area contributed by atoms with Gasteiger partial charge in [-0.2, -0.15) is 0 Å². The van der Waals surface area contributed by atoms with Crippen LogP contribution in [0.4, 0.5) is 0 Å².